The van der Waals surface area contributed by atoms with Gasteiger partial charge >= 0.3 is 18.2 Å². The van der Waals surface area contributed by atoms with Crippen molar-refractivity contribution >= 4 is 35.4 Å². The van der Waals surface area contributed by atoms with Crippen molar-refractivity contribution in [2.24, 2.45) is 0 Å². The van der Waals surface area contributed by atoms with Gasteiger partial charge in [-0.1, -0.05) is 54.6 Å². The molecule has 1 saturated heterocycles. The number of nitrogens with one attached hydrogen (secondary N) is 3. The standard InChI is InChI=1S/C33H36N6O5/c1-21-26-20-38(18-22-7-3-2-4-8-22)30(40)29(17-23(26)11-12-27(21)36-33(43)44)35-31(41)37-15-13-25(14-16-37)39-19-24-9-5-6-10-28(24)34-32(39)42/h2-12,25,29,36H,13-20H2,1H3,(H,34,42)(H,35,41)(H,43,44). The molecule has 0 saturated carbocycles. The minimum atomic E-state index is -1.15. The molecular formula is C33H36N6O5. The first-order chi connectivity index (χ1) is 21.3. The Morgan fingerprint density at radius 2 is 1.66 bits per heavy atom. The van der Waals surface area contributed by atoms with E-state index >= 15 is 0 Å². The van der Waals surface area contributed by atoms with E-state index in [0.29, 0.717) is 57.7 Å². The number of hydrogen-bond donors (Lipinski definition) is 4. The highest BCUT2D eigenvalue weighted by Gasteiger charge is 2.36. The van der Waals surface area contributed by atoms with Crippen LogP contribution in [0.1, 0.15) is 40.7 Å². The summed E-state index contributed by atoms with van der Waals surface area (Å²) in [5, 5.41) is 17.7. The predicted molar refractivity (Wildman–Crippen MR) is 165 cm³/mol. The second-order valence-electron chi connectivity index (χ2n) is 11.6. The van der Waals surface area contributed by atoms with Gasteiger partial charge in [0.1, 0.15) is 6.04 Å². The van der Waals surface area contributed by atoms with Crippen molar-refractivity contribution in [1.82, 2.24) is 20.0 Å². The molecule has 3 aromatic rings. The molecule has 228 valence electrons. The number of benzene rings is 3. The number of carbonyl (C=O) groups is 4. The van der Waals surface area contributed by atoms with Crippen LogP contribution in [-0.2, 0) is 30.8 Å². The van der Waals surface area contributed by atoms with E-state index in [9.17, 15) is 24.3 Å². The summed E-state index contributed by atoms with van der Waals surface area (Å²) in [6.07, 6.45) is 0.425. The lowest BCUT2D eigenvalue weighted by Crippen LogP contribution is -2.55. The SMILES string of the molecule is Cc1c(NC(=O)O)ccc2c1CN(Cc1ccccc1)C(=O)C(NC(=O)N1CCC(N3Cc4ccccc4NC3=O)CC1)C2. The first-order valence-electron chi connectivity index (χ1n) is 14.9. The van der Waals surface area contributed by atoms with Crippen molar-refractivity contribution in [3.63, 3.8) is 0 Å². The summed E-state index contributed by atoms with van der Waals surface area (Å²) in [6.45, 7) is 3.97. The van der Waals surface area contributed by atoms with Gasteiger partial charge in [-0.15, -0.1) is 0 Å². The van der Waals surface area contributed by atoms with Crippen LogP contribution in [0.25, 0.3) is 0 Å². The van der Waals surface area contributed by atoms with Gasteiger partial charge in [-0.2, -0.15) is 0 Å². The molecule has 4 N–H and O–H groups in total. The molecule has 3 aliphatic heterocycles. The first-order valence-corrected chi connectivity index (χ1v) is 14.9. The quantitative estimate of drug-likeness (QED) is 0.337. The number of carbonyl (C=O) groups excluding carboxylic acids is 3. The third kappa shape index (κ3) is 6.03. The molecule has 0 aliphatic carbocycles. The van der Waals surface area contributed by atoms with Crippen LogP contribution in [0.4, 0.5) is 25.8 Å². The Hall–Kier alpha value is -5.06. The fourth-order valence-electron chi connectivity index (χ4n) is 6.46. The number of para-hydroxylation sites is 1. The van der Waals surface area contributed by atoms with E-state index in [-0.39, 0.29) is 24.0 Å². The van der Waals surface area contributed by atoms with Crippen LogP contribution in [0, 0.1) is 6.92 Å². The molecule has 3 heterocycles. The van der Waals surface area contributed by atoms with Gasteiger partial charge in [0.2, 0.25) is 5.91 Å². The van der Waals surface area contributed by atoms with Gasteiger partial charge in [0, 0.05) is 56.6 Å². The summed E-state index contributed by atoms with van der Waals surface area (Å²) < 4.78 is 0. The number of rotatable bonds is 5. The zero-order chi connectivity index (χ0) is 30.8. The van der Waals surface area contributed by atoms with Crippen LogP contribution < -0.4 is 16.0 Å². The molecule has 6 rings (SSSR count). The highest BCUT2D eigenvalue weighted by Crippen LogP contribution is 2.30. The summed E-state index contributed by atoms with van der Waals surface area (Å²) >= 11 is 0. The zero-order valence-corrected chi connectivity index (χ0v) is 24.6. The van der Waals surface area contributed by atoms with Crippen LogP contribution in [-0.4, -0.2) is 69.0 Å². The molecule has 0 radical (unpaired) electrons. The van der Waals surface area contributed by atoms with Crippen molar-refractivity contribution in [1.29, 1.82) is 0 Å². The monoisotopic (exact) mass is 596 g/mol. The maximum Gasteiger partial charge on any atom is 0.409 e. The summed E-state index contributed by atoms with van der Waals surface area (Å²) in [5.74, 6) is -0.191. The number of urea groups is 2. The topological polar surface area (TPSA) is 134 Å². The lowest BCUT2D eigenvalue weighted by molar-refractivity contribution is -0.134. The van der Waals surface area contributed by atoms with Gasteiger partial charge in [0.25, 0.3) is 0 Å². The first kappa shape index (κ1) is 29.0. The van der Waals surface area contributed by atoms with Crippen LogP contribution >= 0.6 is 0 Å². The van der Waals surface area contributed by atoms with Crippen molar-refractivity contribution in [3.05, 3.63) is 94.5 Å². The zero-order valence-electron chi connectivity index (χ0n) is 24.6. The fraction of sp³-hybridized carbons (Fsp3) is 0.333. The second kappa shape index (κ2) is 12.3. The molecule has 1 fully saturated rings. The van der Waals surface area contributed by atoms with Gasteiger partial charge in [-0.05, 0) is 59.7 Å². The maximum absolute atomic E-state index is 13.9. The molecule has 6 amide bonds. The lowest BCUT2D eigenvalue weighted by atomic mass is 9.96. The number of fused-ring (bicyclic) bond motifs is 2. The van der Waals surface area contributed by atoms with E-state index in [4.69, 9.17) is 0 Å². The number of hydrogen-bond acceptors (Lipinski definition) is 4. The summed E-state index contributed by atoms with van der Waals surface area (Å²) in [4.78, 5) is 56.9. The number of likely N-dealkylation sites (tertiary alicyclic amines) is 1. The molecule has 3 aromatic carbocycles. The second-order valence-corrected chi connectivity index (χ2v) is 11.6. The fourth-order valence-corrected chi connectivity index (χ4v) is 6.46. The van der Waals surface area contributed by atoms with E-state index in [1.165, 1.54) is 0 Å². The minimum absolute atomic E-state index is 0.0109. The Labute approximate surface area is 255 Å². The number of nitrogens with zero attached hydrogens (tertiary/aromatic N) is 3. The van der Waals surface area contributed by atoms with Gasteiger partial charge in [0.05, 0.1) is 0 Å². The Bertz CT molecular complexity index is 1590. The molecule has 1 unspecified atom stereocenters. The van der Waals surface area contributed by atoms with E-state index in [1.807, 2.05) is 72.5 Å². The van der Waals surface area contributed by atoms with Gasteiger partial charge in [0.15, 0.2) is 0 Å². The molecule has 11 heteroatoms. The van der Waals surface area contributed by atoms with Crippen molar-refractivity contribution < 1.29 is 24.3 Å². The lowest BCUT2D eigenvalue weighted by Gasteiger charge is -2.40. The average molecular weight is 597 g/mol. The van der Waals surface area contributed by atoms with E-state index in [0.717, 1.165) is 33.5 Å². The molecule has 1 atom stereocenters. The molecule has 0 bridgehead atoms. The highest BCUT2D eigenvalue weighted by atomic mass is 16.4. The molecular weight excluding hydrogens is 560 g/mol. The van der Waals surface area contributed by atoms with E-state index in [1.54, 1.807) is 15.9 Å². The minimum Gasteiger partial charge on any atom is -0.465 e. The van der Waals surface area contributed by atoms with Crippen molar-refractivity contribution in [2.45, 2.75) is 57.9 Å². The highest BCUT2D eigenvalue weighted by molar-refractivity contribution is 5.92. The van der Waals surface area contributed by atoms with E-state index < -0.39 is 12.1 Å². The molecule has 3 aliphatic rings. The Morgan fingerprint density at radius 3 is 2.41 bits per heavy atom. The van der Waals surface area contributed by atoms with Crippen molar-refractivity contribution in [3.8, 4) is 0 Å². The Kier molecular flexibility index (Phi) is 8.10. The third-order valence-electron chi connectivity index (χ3n) is 8.89. The van der Waals surface area contributed by atoms with Crippen LogP contribution in [0.5, 0.6) is 0 Å². The van der Waals surface area contributed by atoms with Crippen LogP contribution in [0.2, 0.25) is 0 Å². The number of piperidine rings is 1. The van der Waals surface area contributed by atoms with Gasteiger partial charge in [-0.25, -0.2) is 14.4 Å². The van der Waals surface area contributed by atoms with Crippen LogP contribution in [0.3, 0.4) is 0 Å². The third-order valence-corrected chi connectivity index (χ3v) is 8.89. The normalized spacial score (nSPS) is 18.6. The Balaban J connectivity index is 1.16. The van der Waals surface area contributed by atoms with E-state index in [2.05, 4.69) is 16.0 Å². The molecule has 11 nitrogen and oxygen atoms in total. The number of carboxylic acid groups (broad SMARTS) is 1. The van der Waals surface area contributed by atoms with Crippen LogP contribution in [0.15, 0.2) is 66.7 Å². The van der Waals surface area contributed by atoms with Gasteiger partial charge < -0.3 is 30.4 Å². The molecule has 0 spiro atoms. The number of amides is 6. The summed E-state index contributed by atoms with van der Waals surface area (Å²) in [7, 11) is 0. The Morgan fingerprint density at radius 1 is 0.932 bits per heavy atom. The molecule has 44 heavy (non-hydrogen) atoms. The summed E-state index contributed by atoms with van der Waals surface area (Å²) in [6, 6.07) is 19.8. The largest absolute Gasteiger partial charge is 0.465 e. The smallest absolute Gasteiger partial charge is 0.409 e. The number of anilines is 2. The van der Waals surface area contributed by atoms with Crippen molar-refractivity contribution in [2.75, 3.05) is 23.7 Å². The predicted octanol–water partition coefficient (Wildman–Crippen LogP) is 4.76. The average Bonchev–Trinajstić information content (AvgIpc) is 3.15. The molecule has 0 aromatic heterocycles. The maximum atomic E-state index is 13.9. The van der Waals surface area contributed by atoms with Gasteiger partial charge in [-0.3, -0.25) is 10.1 Å². The summed E-state index contributed by atoms with van der Waals surface area (Å²) in [5.41, 5.74) is 5.86.